The highest BCUT2D eigenvalue weighted by atomic mass is 32.2. The zero-order valence-electron chi connectivity index (χ0n) is 13.3. The molecule has 0 atom stereocenters. The zero-order chi connectivity index (χ0) is 17.0. The monoisotopic (exact) mass is 337 g/mol. The molecule has 0 aliphatic heterocycles. The fourth-order valence-corrected chi connectivity index (χ4v) is 2.71. The molecule has 0 aliphatic carbocycles. The summed E-state index contributed by atoms with van der Waals surface area (Å²) in [5.74, 6) is -0.00716. The molecule has 1 heterocycles. The minimum absolute atomic E-state index is 0.232. The van der Waals surface area contributed by atoms with Crippen LogP contribution in [0.2, 0.25) is 0 Å². The van der Waals surface area contributed by atoms with E-state index in [0.717, 1.165) is 11.8 Å². The van der Waals surface area contributed by atoms with Gasteiger partial charge in [-0.3, -0.25) is 0 Å². The van der Waals surface area contributed by atoms with E-state index in [1.165, 1.54) is 6.26 Å². The van der Waals surface area contributed by atoms with E-state index >= 15 is 0 Å². The van der Waals surface area contributed by atoms with Crippen LogP contribution < -0.4 is 5.32 Å². The molecule has 1 N–H and O–H groups in total. The lowest BCUT2D eigenvalue weighted by molar-refractivity contribution is 0.0524. The van der Waals surface area contributed by atoms with Crippen molar-refractivity contribution in [3.63, 3.8) is 0 Å². The summed E-state index contributed by atoms with van der Waals surface area (Å²) in [4.78, 5) is 12.0. The van der Waals surface area contributed by atoms with Gasteiger partial charge in [0.2, 0.25) is 0 Å². The number of rotatable bonds is 6. The van der Waals surface area contributed by atoms with Crippen LogP contribution in [0.3, 0.4) is 0 Å². The quantitative estimate of drug-likeness (QED) is 0.816. The third kappa shape index (κ3) is 4.13. The molecule has 1 aromatic carbocycles. The fraction of sp³-hybridized carbons (Fsp3) is 0.312. The summed E-state index contributed by atoms with van der Waals surface area (Å²) in [5.41, 5.74) is 1.91. The summed E-state index contributed by atoms with van der Waals surface area (Å²) < 4.78 is 33.5. The van der Waals surface area contributed by atoms with Crippen molar-refractivity contribution in [1.82, 2.24) is 0 Å². The van der Waals surface area contributed by atoms with Crippen molar-refractivity contribution in [2.24, 2.45) is 0 Å². The average Bonchev–Trinajstić information content (AvgIpc) is 2.94. The lowest BCUT2D eigenvalue weighted by Gasteiger charge is -2.11. The van der Waals surface area contributed by atoms with Crippen LogP contribution in [-0.4, -0.2) is 27.2 Å². The zero-order valence-corrected chi connectivity index (χ0v) is 14.1. The van der Waals surface area contributed by atoms with Crippen molar-refractivity contribution in [2.45, 2.75) is 25.3 Å². The van der Waals surface area contributed by atoms with E-state index in [4.69, 9.17) is 9.15 Å². The topological polar surface area (TPSA) is 85.6 Å². The molecule has 23 heavy (non-hydrogen) atoms. The van der Waals surface area contributed by atoms with Crippen LogP contribution in [0.4, 0.5) is 5.69 Å². The van der Waals surface area contributed by atoms with Gasteiger partial charge in [0.05, 0.1) is 24.3 Å². The number of benzene rings is 1. The van der Waals surface area contributed by atoms with E-state index in [9.17, 15) is 13.2 Å². The maximum atomic E-state index is 11.8. The SMILES string of the molecule is CCOC(=O)c1ccoc1CNc1cc(S(C)(=O)=O)ccc1C. The number of hydrogen-bond acceptors (Lipinski definition) is 6. The minimum Gasteiger partial charge on any atom is -0.467 e. The maximum Gasteiger partial charge on any atom is 0.341 e. The van der Waals surface area contributed by atoms with Gasteiger partial charge >= 0.3 is 5.97 Å². The largest absolute Gasteiger partial charge is 0.467 e. The van der Waals surface area contributed by atoms with Gasteiger partial charge in [-0.25, -0.2) is 13.2 Å². The van der Waals surface area contributed by atoms with Crippen LogP contribution in [0.15, 0.2) is 39.8 Å². The van der Waals surface area contributed by atoms with Crippen molar-refractivity contribution in [1.29, 1.82) is 0 Å². The molecule has 0 spiro atoms. The maximum absolute atomic E-state index is 11.8. The Morgan fingerprint density at radius 1 is 1.30 bits per heavy atom. The molecule has 2 aromatic rings. The molecule has 2 rings (SSSR count). The molecular weight excluding hydrogens is 318 g/mol. The normalized spacial score (nSPS) is 11.3. The van der Waals surface area contributed by atoms with Crippen molar-refractivity contribution in [2.75, 3.05) is 18.2 Å². The number of carbonyl (C=O) groups excluding carboxylic acids is 1. The highest BCUT2D eigenvalue weighted by molar-refractivity contribution is 7.90. The molecule has 0 aliphatic rings. The number of anilines is 1. The molecule has 0 fully saturated rings. The molecule has 0 saturated carbocycles. The van der Waals surface area contributed by atoms with E-state index in [0.29, 0.717) is 17.0 Å². The molecule has 124 valence electrons. The van der Waals surface area contributed by atoms with Crippen LogP contribution in [0.25, 0.3) is 0 Å². The number of carbonyl (C=O) groups is 1. The predicted octanol–water partition coefficient (Wildman–Crippen LogP) is 2.78. The third-order valence-electron chi connectivity index (χ3n) is 3.32. The molecule has 1 aromatic heterocycles. The number of sulfone groups is 1. The van der Waals surface area contributed by atoms with Crippen LogP contribution in [0.1, 0.15) is 28.6 Å². The molecule has 0 saturated heterocycles. The van der Waals surface area contributed by atoms with Crippen LogP contribution in [0.5, 0.6) is 0 Å². The summed E-state index contributed by atoms with van der Waals surface area (Å²) in [6.07, 6.45) is 2.58. The van der Waals surface area contributed by atoms with Crippen molar-refractivity contribution >= 4 is 21.5 Å². The second-order valence-corrected chi connectivity index (χ2v) is 7.10. The van der Waals surface area contributed by atoms with Gasteiger partial charge in [0.1, 0.15) is 11.3 Å². The Bertz CT molecular complexity index is 808. The van der Waals surface area contributed by atoms with E-state index < -0.39 is 15.8 Å². The second kappa shape index (κ2) is 6.87. The van der Waals surface area contributed by atoms with Gasteiger partial charge in [-0.15, -0.1) is 0 Å². The van der Waals surface area contributed by atoms with Gasteiger partial charge in [0, 0.05) is 11.9 Å². The summed E-state index contributed by atoms with van der Waals surface area (Å²) in [6, 6.07) is 6.41. The standard InChI is InChI=1S/C16H19NO5S/c1-4-21-16(18)13-7-8-22-15(13)10-17-14-9-12(23(3,19)20)6-5-11(14)2/h5-9,17H,4,10H2,1-3H3. The van der Waals surface area contributed by atoms with Crippen molar-refractivity contribution in [3.8, 4) is 0 Å². The highest BCUT2D eigenvalue weighted by Crippen LogP contribution is 2.22. The Kier molecular flexibility index (Phi) is 5.10. The van der Waals surface area contributed by atoms with E-state index in [1.54, 1.807) is 31.2 Å². The third-order valence-corrected chi connectivity index (χ3v) is 4.43. The van der Waals surface area contributed by atoms with E-state index in [2.05, 4.69) is 5.32 Å². The molecule has 0 bridgehead atoms. The van der Waals surface area contributed by atoms with Crippen LogP contribution >= 0.6 is 0 Å². The second-order valence-electron chi connectivity index (χ2n) is 5.08. The lowest BCUT2D eigenvalue weighted by atomic mass is 10.2. The Balaban J connectivity index is 2.19. The lowest BCUT2D eigenvalue weighted by Crippen LogP contribution is -2.09. The average molecular weight is 337 g/mol. The summed E-state index contributed by atoms with van der Waals surface area (Å²) in [7, 11) is -3.28. The first-order chi connectivity index (χ1) is 10.8. The first kappa shape index (κ1) is 17.1. The molecule has 0 unspecified atom stereocenters. The van der Waals surface area contributed by atoms with Gasteiger partial charge in [0.25, 0.3) is 0 Å². The summed E-state index contributed by atoms with van der Waals surface area (Å²) >= 11 is 0. The van der Waals surface area contributed by atoms with Gasteiger partial charge < -0.3 is 14.5 Å². The summed E-state index contributed by atoms with van der Waals surface area (Å²) in [6.45, 7) is 4.13. The minimum atomic E-state index is -3.28. The number of nitrogens with one attached hydrogen (secondary N) is 1. The molecule has 0 amide bonds. The highest BCUT2D eigenvalue weighted by Gasteiger charge is 2.16. The first-order valence-corrected chi connectivity index (χ1v) is 9.00. The Hall–Kier alpha value is -2.28. The van der Waals surface area contributed by atoms with E-state index in [1.807, 2.05) is 6.92 Å². The van der Waals surface area contributed by atoms with Gasteiger partial charge in [-0.1, -0.05) is 6.07 Å². The summed E-state index contributed by atoms with van der Waals surface area (Å²) in [5, 5.41) is 3.10. The van der Waals surface area contributed by atoms with Crippen molar-refractivity contribution < 1.29 is 22.4 Å². The number of furan rings is 1. The van der Waals surface area contributed by atoms with Gasteiger partial charge in [0.15, 0.2) is 9.84 Å². The smallest absolute Gasteiger partial charge is 0.341 e. The van der Waals surface area contributed by atoms with Crippen LogP contribution in [-0.2, 0) is 21.1 Å². The molecule has 6 nitrogen and oxygen atoms in total. The molecule has 7 heteroatoms. The number of hydrogen-bond donors (Lipinski definition) is 1. The van der Waals surface area contributed by atoms with Crippen molar-refractivity contribution in [3.05, 3.63) is 47.4 Å². The number of ether oxygens (including phenoxy) is 1. The van der Waals surface area contributed by atoms with E-state index in [-0.39, 0.29) is 18.0 Å². The van der Waals surface area contributed by atoms with Gasteiger partial charge in [-0.2, -0.15) is 0 Å². The Labute approximate surface area is 135 Å². The molecule has 0 radical (unpaired) electrons. The van der Waals surface area contributed by atoms with Crippen LogP contribution in [0, 0.1) is 6.92 Å². The van der Waals surface area contributed by atoms with Gasteiger partial charge in [-0.05, 0) is 37.6 Å². The Morgan fingerprint density at radius 2 is 2.04 bits per heavy atom. The Morgan fingerprint density at radius 3 is 2.70 bits per heavy atom. The molecular formula is C16H19NO5S. The number of esters is 1. The number of aryl methyl sites for hydroxylation is 1. The fourth-order valence-electron chi connectivity index (χ4n) is 2.07. The predicted molar refractivity (Wildman–Crippen MR) is 86.3 cm³/mol. The first-order valence-electron chi connectivity index (χ1n) is 7.11.